The number of hydrogen-bond acceptors (Lipinski definition) is 6. The lowest BCUT2D eigenvalue weighted by atomic mass is 10.1. The highest BCUT2D eigenvalue weighted by Gasteiger charge is 2.22. The first kappa shape index (κ1) is 18.8. The van der Waals surface area contributed by atoms with E-state index in [2.05, 4.69) is 30.4 Å². The molecule has 27 heavy (non-hydrogen) atoms. The Bertz CT molecular complexity index is 1010. The van der Waals surface area contributed by atoms with E-state index in [-0.39, 0.29) is 16.5 Å². The molecule has 2 aromatic heterocycles. The third-order valence-electron chi connectivity index (χ3n) is 3.89. The molecule has 2 heterocycles. The molecule has 0 aliphatic carbocycles. The number of benzene rings is 1. The van der Waals surface area contributed by atoms with Crippen molar-refractivity contribution in [2.24, 2.45) is 0 Å². The lowest BCUT2D eigenvalue weighted by molar-refractivity contribution is 0.599. The Morgan fingerprint density at radius 2 is 1.78 bits per heavy atom. The number of hydrogen-bond donors (Lipinski definition) is 3. The second kappa shape index (κ2) is 7.70. The molecular weight excluding hydrogens is 371 g/mol. The van der Waals surface area contributed by atoms with E-state index in [9.17, 15) is 12.8 Å². The minimum absolute atomic E-state index is 0.0923. The first-order valence-electron chi connectivity index (χ1n) is 8.22. The number of rotatable bonds is 7. The van der Waals surface area contributed by atoms with Crippen molar-refractivity contribution in [3.8, 4) is 0 Å². The van der Waals surface area contributed by atoms with Crippen molar-refractivity contribution in [1.29, 1.82) is 0 Å². The molecule has 0 aliphatic rings. The van der Waals surface area contributed by atoms with Gasteiger partial charge in [-0.25, -0.2) is 12.8 Å². The summed E-state index contributed by atoms with van der Waals surface area (Å²) < 4.78 is 40.9. The van der Waals surface area contributed by atoms with Gasteiger partial charge in [-0.05, 0) is 44.0 Å². The van der Waals surface area contributed by atoms with Crippen LogP contribution in [0.25, 0.3) is 0 Å². The average Bonchev–Trinajstić information content (AvgIpc) is 2.97. The van der Waals surface area contributed by atoms with Gasteiger partial charge in [-0.1, -0.05) is 18.2 Å². The van der Waals surface area contributed by atoms with Gasteiger partial charge in [0, 0.05) is 6.54 Å². The molecule has 142 valence electrons. The summed E-state index contributed by atoms with van der Waals surface area (Å²) in [5, 5.41) is 17.4. The summed E-state index contributed by atoms with van der Waals surface area (Å²) in [6.07, 6.45) is 0.488. The number of halogens is 1. The molecule has 3 aromatic rings. The van der Waals surface area contributed by atoms with Crippen LogP contribution in [0.2, 0.25) is 0 Å². The van der Waals surface area contributed by atoms with E-state index in [0.717, 1.165) is 0 Å². The van der Waals surface area contributed by atoms with Gasteiger partial charge in [0.2, 0.25) is 0 Å². The third-order valence-corrected chi connectivity index (χ3v) is 5.51. The Labute approximate surface area is 156 Å². The van der Waals surface area contributed by atoms with Gasteiger partial charge in [0.15, 0.2) is 5.82 Å². The summed E-state index contributed by atoms with van der Waals surface area (Å²) >= 11 is 0. The Morgan fingerprint density at radius 1 is 1.07 bits per heavy atom. The molecule has 0 radical (unpaired) electrons. The molecular formula is C17H19FN6O2S. The van der Waals surface area contributed by atoms with Crippen LogP contribution in [0.5, 0.6) is 0 Å². The van der Waals surface area contributed by atoms with Gasteiger partial charge in [0.25, 0.3) is 10.0 Å². The molecule has 0 aliphatic heterocycles. The van der Waals surface area contributed by atoms with Gasteiger partial charge >= 0.3 is 0 Å². The maximum absolute atomic E-state index is 13.6. The van der Waals surface area contributed by atoms with E-state index < -0.39 is 10.0 Å². The molecule has 0 atom stereocenters. The second-order valence-electron chi connectivity index (χ2n) is 5.94. The van der Waals surface area contributed by atoms with Crippen molar-refractivity contribution < 1.29 is 12.8 Å². The predicted octanol–water partition coefficient (Wildman–Crippen LogP) is 2.41. The number of aryl methyl sites for hydroxylation is 2. The fourth-order valence-corrected chi connectivity index (χ4v) is 4.00. The van der Waals surface area contributed by atoms with Crippen LogP contribution in [-0.4, -0.2) is 35.4 Å². The molecule has 3 N–H and O–H groups in total. The van der Waals surface area contributed by atoms with Crippen LogP contribution in [0.1, 0.15) is 17.0 Å². The van der Waals surface area contributed by atoms with Crippen LogP contribution in [0.3, 0.4) is 0 Å². The molecule has 0 fully saturated rings. The fraction of sp³-hybridized carbons (Fsp3) is 0.235. The number of aromatic amines is 1. The fourth-order valence-electron chi connectivity index (χ4n) is 2.63. The van der Waals surface area contributed by atoms with Crippen molar-refractivity contribution in [3.05, 3.63) is 59.2 Å². The molecule has 0 saturated carbocycles. The Morgan fingerprint density at radius 3 is 2.41 bits per heavy atom. The Balaban J connectivity index is 1.61. The minimum Gasteiger partial charge on any atom is -0.368 e. The molecule has 0 spiro atoms. The topological polar surface area (TPSA) is 113 Å². The quantitative estimate of drug-likeness (QED) is 0.571. The summed E-state index contributed by atoms with van der Waals surface area (Å²) in [5.41, 5.74) is 1.42. The molecule has 0 amide bonds. The zero-order valence-electron chi connectivity index (χ0n) is 14.8. The minimum atomic E-state index is -3.81. The molecule has 0 saturated heterocycles. The van der Waals surface area contributed by atoms with E-state index in [1.54, 1.807) is 38.1 Å². The molecule has 0 unspecified atom stereocenters. The summed E-state index contributed by atoms with van der Waals surface area (Å²) in [4.78, 5) is 0.0939. The number of nitrogens with zero attached hydrogens (tertiary/aromatic N) is 3. The highest BCUT2D eigenvalue weighted by atomic mass is 32.2. The predicted molar refractivity (Wildman–Crippen MR) is 99.5 cm³/mol. The standard InChI is InChI=1S/C17H19FN6O2S/c1-11-17(12(2)21-20-11)27(25,26)24-16-8-7-15(22-23-16)19-10-9-13-5-3-4-6-14(13)18/h3-8H,9-10H2,1-2H3,(H,19,22)(H,20,21)(H,23,24). The summed E-state index contributed by atoms with van der Waals surface area (Å²) in [6.45, 7) is 3.70. The first-order valence-corrected chi connectivity index (χ1v) is 9.70. The normalized spacial score (nSPS) is 11.4. The molecule has 10 heteroatoms. The Kier molecular flexibility index (Phi) is 5.36. The van der Waals surface area contributed by atoms with E-state index in [0.29, 0.717) is 35.7 Å². The summed E-state index contributed by atoms with van der Waals surface area (Å²) in [7, 11) is -3.81. The largest absolute Gasteiger partial charge is 0.368 e. The highest BCUT2D eigenvalue weighted by molar-refractivity contribution is 7.92. The van der Waals surface area contributed by atoms with Crippen LogP contribution < -0.4 is 10.0 Å². The summed E-state index contributed by atoms with van der Waals surface area (Å²) in [6, 6.07) is 9.66. The van der Waals surface area contributed by atoms with Crippen molar-refractivity contribution in [3.63, 3.8) is 0 Å². The lowest BCUT2D eigenvalue weighted by Crippen LogP contribution is -2.16. The van der Waals surface area contributed by atoms with E-state index in [4.69, 9.17) is 0 Å². The number of nitrogens with one attached hydrogen (secondary N) is 3. The molecule has 3 rings (SSSR count). The number of aromatic nitrogens is 4. The van der Waals surface area contributed by atoms with Crippen LogP contribution in [0.4, 0.5) is 16.0 Å². The van der Waals surface area contributed by atoms with Crippen LogP contribution in [-0.2, 0) is 16.4 Å². The maximum Gasteiger partial charge on any atom is 0.266 e. The monoisotopic (exact) mass is 390 g/mol. The van der Waals surface area contributed by atoms with Crippen molar-refractivity contribution >= 4 is 21.7 Å². The van der Waals surface area contributed by atoms with Crippen molar-refractivity contribution in [2.75, 3.05) is 16.6 Å². The smallest absolute Gasteiger partial charge is 0.266 e. The zero-order chi connectivity index (χ0) is 19.4. The molecule has 8 nitrogen and oxygen atoms in total. The van der Waals surface area contributed by atoms with Gasteiger partial charge in [-0.3, -0.25) is 9.82 Å². The van der Waals surface area contributed by atoms with E-state index >= 15 is 0 Å². The molecule has 0 bridgehead atoms. The van der Waals surface area contributed by atoms with Crippen molar-refractivity contribution in [2.45, 2.75) is 25.2 Å². The van der Waals surface area contributed by atoms with Gasteiger partial charge in [0.05, 0.1) is 11.4 Å². The average molecular weight is 390 g/mol. The van der Waals surface area contributed by atoms with E-state index in [1.165, 1.54) is 12.1 Å². The third kappa shape index (κ3) is 4.40. The Hall–Kier alpha value is -3.01. The number of sulfonamides is 1. The van der Waals surface area contributed by atoms with Crippen LogP contribution in [0, 0.1) is 19.7 Å². The molecule has 1 aromatic carbocycles. The zero-order valence-corrected chi connectivity index (χ0v) is 15.6. The van der Waals surface area contributed by atoms with Gasteiger partial charge < -0.3 is 5.32 Å². The van der Waals surface area contributed by atoms with Gasteiger partial charge in [0.1, 0.15) is 16.5 Å². The van der Waals surface area contributed by atoms with Crippen LogP contribution >= 0.6 is 0 Å². The van der Waals surface area contributed by atoms with E-state index in [1.807, 2.05) is 0 Å². The van der Waals surface area contributed by atoms with Gasteiger partial charge in [-0.2, -0.15) is 5.10 Å². The van der Waals surface area contributed by atoms with Crippen LogP contribution in [0.15, 0.2) is 41.3 Å². The highest BCUT2D eigenvalue weighted by Crippen LogP contribution is 2.20. The second-order valence-corrected chi connectivity index (χ2v) is 7.56. The number of H-pyrrole nitrogens is 1. The van der Waals surface area contributed by atoms with Crippen molar-refractivity contribution in [1.82, 2.24) is 20.4 Å². The summed E-state index contributed by atoms with van der Waals surface area (Å²) in [5.74, 6) is 0.305. The van der Waals surface area contributed by atoms with Gasteiger partial charge in [-0.15, -0.1) is 10.2 Å². The maximum atomic E-state index is 13.6. The lowest BCUT2D eigenvalue weighted by Gasteiger charge is -2.09. The first-order chi connectivity index (χ1) is 12.9. The SMILES string of the molecule is Cc1n[nH]c(C)c1S(=O)(=O)Nc1ccc(NCCc2ccccc2F)nn1. The number of anilines is 2.